The number of amides is 2. The van der Waals surface area contributed by atoms with Crippen LogP contribution in [0.15, 0.2) is 35.2 Å². The average Bonchev–Trinajstić information content (AvgIpc) is 2.27. The van der Waals surface area contributed by atoms with Crippen LogP contribution in [-0.4, -0.2) is 32.1 Å². The molecule has 17 heavy (non-hydrogen) atoms. The summed E-state index contributed by atoms with van der Waals surface area (Å²) in [6.45, 7) is -0.624. The van der Waals surface area contributed by atoms with E-state index >= 15 is 0 Å². The fourth-order valence-corrected chi connectivity index (χ4v) is 2.01. The summed E-state index contributed by atoms with van der Waals surface area (Å²) in [5, 5.41) is 10.00. The number of carbonyl (C=O) groups excluding carboxylic acids is 1. The second kappa shape index (κ2) is 5.30. The Morgan fingerprint density at radius 2 is 1.76 bits per heavy atom. The van der Waals surface area contributed by atoms with Crippen LogP contribution in [0.2, 0.25) is 0 Å². The first-order valence-electron chi connectivity index (χ1n) is 4.49. The number of hydrogen-bond donors (Lipinski definition) is 3. The summed E-state index contributed by atoms with van der Waals surface area (Å²) < 4.78 is 24.9. The number of carbonyl (C=O) groups is 2. The van der Waals surface area contributed by atoms with Gasteiger partial charge in [-0.3, -0.25) is 4.79 Å². The lowest BCUT2D eigenvalue weighted by Crippen LogP contribution is -2.39. The Bertz CT molecular complexity index is 511. The van der Waals surface area contributed by atoms with Gasteiger partial charge in [0.1, 0.15) is 6.54 Å². The third-order valence-electron chi connectivity index (χ3n) is 1.70. The largest absolute Gasteiger partial charge is 0.465 e. The van der Waals surface area contributed by atoms with E-state index in [1.807, 2.05) is 0 Å². The number of benzene rings is 1. The van der Waals surface area contributed by atoms with Crippen molar-refractivity contribution < 1.29 is 23.1 Å². The van der Waals surface area contributed by atoms with Crippen LogP contribution in [-0.2, 0) is 14.8 Å². The van der Waals surface area contributed by atoms with Crippen molar-refractivity contribution in [2.75, 3.05) is 6.54 Å². The van der Waals surface area contributed by atoms with Crippen LogP contribution in [0.4, 0.5) is 4.79 Å². The molecule has 0 unspecified atom stereocenters. The van der Waals surface area contributed by atoms with Crippen molar-refractivity contribution in [3.8, 4) is 0 Å². The predicted molar refractivity (Wildman–Crippen MR) is 57.8 cm³/mol. The van der Waals surface area contributed by atoms with Gasteiger partial charge in [-0.05, 0) is 12.1 Å². The molecule has 0 aromatic heterocycles. The zero-order chi connectivity index (χ0) is 12.9. The highest BCUT2D eigenvalue weighted by Crippen LogP contribution is 2.06. The van der Waals surface area contributed by atoms with E-state index in [1.165, 1.54) is 24.3 Å². The minimum absolute atomic E-state index is 0.0660. The maximum Gasteiger partial charge on any atom is 0.405 e. The molecule has 0 spiro atoms. The number of nitrogens with one attached hydrogen (secondary N) is 2. The molecule has 8 heteroatoms. The number of hydrogen-bond acceptors (Lipinski definition) is 4. The Balaban J connectivity index is 2.68. The van der Waals surface area contributed by atoms with E-state index in [4.69, 9.17) is 5.11 Å². The molecule has 0 aliphatic carbocycles. The Labute approximate surface area is 97.5 Å². The zero-order valence-corrected chi connectivity index (χ0v) is 9.40. The highest BCUT2D eigenvalue weighted by atomic mass is 32.2. The molecule has 0 radical (unpaired) electrons. The SMILES string of the molecule is O=C(O)NCC(=O)NS(=O)(=O)c1ccccc1. The topological polar surface area (TPSA) is 113 Å². The standard InChI is InChI=1S/C9H10N2O5S/c12-8(6-10-9(13)14)11-17(15,16)7-4-2-1-3-5-7/h1-5,10H,6H2,(H,11,12)(H,13,14). The molecule has 0 aliphatic rings. The van der Waals surface area contributed by atoms with Crippen molar-refractivity contribution in [2.45, 2.75) is 4.90 Å². The molecule has 2 amide bonds. The van der Waals surface area contributed by atoms with Crippen LogP contribution in [0, 0.1) is 0 Å². The summed E-state index contributed by atoms with van der Waals surface area (Å²) in [6, 6.07) is 7.29. The van der Waals surface area contributed by atoms with Gasteiger partial charge in [0.25, 0.3) is 15.9 Å². The maximum absolute atomic E-state index is 11.6. The molecule has 0 saturated heterocycles. The molecule has 1 rings (SSSR count). The highest BCUT2D eigenvalue weighted by Gasteiger charge is 2.16. The molecule has 3 N–H and O–H groups in total. The van der Waals surface area contributed by atoms with Crippen molar-refractivity contribution in [1.29, 1.82) is 0 Å². The first-order valence-corrected chi connectivity index (χ1v) is 5.97. The van der Waals surface area contributed by atoms with Crippen molar-refractivity contribution >= 4 is 22.0 Å². The van der Waals surface area contributed by atoms with E-state index in [0.29, 0.717) is 0 Å². The molecule has 92 valence electrons. The van der Waals surface area contributed by atoms with E-state index in [0.717, 1.165) is 0 Å². The van der Waals surface area contributed by atoms with Gasteiger partial charge in [-0.2, -0.15) is 0 Å². The van der Waals surface area contributed by atoms with Gasteiger partial charge in [0, 0.05) is 0 Å². The molecule has 0 saturated carbocycles. The summed E-state index contributed by atoms with van der Waals surface area (Å²) in [7, 11) is -3.94. The van der Waals surface area contributed by atoms with Crippen LogP contribution < -0.4 is 10.0 Å². The monoisotopic (exact) mass is 258 g/mol. The fourth-order valence-electron chi connectivity index (χ4n) is 1.00. The van der Waals surface area contributed by atoms with Gasteiger partial charge in [-0.25, -0.2) is 17.9 Å². The van der Waals surface area contributed by atoms with Crippen LogP contribution in [0.5, 0.6) is 0 Å². The average molecular weight is 258 g/mol. The van der Waals surface area contributed by atoms with Crippen molar-refractivity contribution in [3.63, 3.8) is 0 Å². The van der Waals surface area contributed by atoms with Crippen LogP contribution >= 0.6 is 0 Å². The predicted octanol–water partition coefficient (Wildman–Crippen LogP) is -0.241. The van der Waals surface area contributed by atoms with E-state index in [1.54, 1.807) is 16.1 Å². The number of sulfonamides is 1. The smallest absolute Gasteiger partial charge is 0.405 e. The second-order valence-corrected chi connectivity index (χ2v) is 4.68. The summed E-state index contributed by atoms with van der Waals surface area (Å²) in [5.74, 6) is -0.948. The normalized spacial score (nSPS) is 10.6. The Morgan fingerprint density at radius 1 is 1.18 bits per heavy atom. The molecule has 7 nitrogen and oxygen atoms in total. The van der Waals surface area contributed by atoms with Gasteiger partial charge >= 0.3 is 6.09 Å². The fraction of sp³-hybridized carbons (Fsp3) is 0.111. The molecular weight excluding hydrogens is 248 g/mol. The van der Waals surface area contributed by atoms with Crippen LogP contribution in [0.1, 0.15) is 0 Å². The lowest BCUT2D eigenvalue weighted by atomic mass is 10.4. The molecule has 0 heterocycles. The highest BCUT2D eigenvalue weighted by molar-refractivity contribution is 7.90. The molecule has 1 aromatic rings. The second-order valence-electron chi connectivity index (χ2n) is 3.00. The minimum atomic E-state index is -3.94. The van der Waals surface area contributed by atoms with Crippen molar-refractivity contribution in [1.82, 2.24) is 10.0 Å². The Hall–Kier alpha value is -2.09. The Morgan fingerprint density at radius 3 is 2.29 bits per heavy atom. The summed E-state index contributed by atoms with van der Waals surface area (Å²) in [6.07, 6.45) is -1.41. The minimum Gasteiger partial charge on any atom is -0.465 e. The lowest BCUT2D eigenvalue weighted by Gasteiger charge is -2.06. The molecule has 0 bridgehead atoms. The van der Waals surface area contributed by atoms with Crippen molar-refractivity contribution in [3.05, 3.63) is 30.3 Å². The van der Waals surface area contributed by atoms with Crippen LogP contribution in [0.25, 0.3) is 0 Å². The first kappa shape index (κ1) is 13.0. The lowest BCUT2D eigenvalue weighted by molar-refractivity contribution is -0.118. The van der Waals surface area contributed by atoms with Gasteiger partial charge in [-0.1, -0.05) is 18.2 Å². The third kappa shape index (κ3) is 4.11. The molecule has 0 aliphatic heterocycles. The number of rotatable bonds is 4. The zero-order valence-electron chi connectivity index (χ0n) is 8.58. The van der Waals surface area contributed by atoms with Gasteiger partial charge in [0.2, 0.25) is 0 Å². The summed E-state index contributed by atoms with van der Waals surface area (Å²) in [5.41, 5.74) is 0. The van der Waals surface area contributed by atoms with Crippen LogP contribution in [0.3, 0.4) is 0 Å². The third-order valence-corrected chi connectivity index (χ3v) is 3.09. The van der Waals surface area contributed by atoms with Gasteiger partial charge in [0.05, 0.1) is 4.90 Å². The summed E-state index contributed by atoms with van der Waals surface area (Å²) in [4.78, 5) is 21.2. The van der Waals surface area contributed by atoms with E-state index in [-0.39, 0.29) is 4.90 Å². The van der Waals surface area contributed by atoms with Gasteiger partial charge < -0.3 is 10.4 Å². The van der Waals surface area contributed by atoms with Crippen molar-refractivity contribution in [2.24, 2.45) is 0 Å². The molecule has 0 fully saturated rings. The molecule has 0 atom stereocenters. The molecule has 1 aromatic carbocycles. The number of carboxylic acid groups (broad SMARTS) is 1. The van der Waals surface area contributed by atoms with E-state index in [9.17, 15) is 18.0 Å². The van der Waals surface area contributed by atoms with Gasteiger partial charge in [-0.15, -0.1) is 0 Å². The van der Waals surface area contributed by atoms with Gasteiger partial charge in [0.15, 0.2) is 0 Å². The maximum atomic E-state index is 11.6. The molecular formula is C9H10N2O5S. The van der Waals surface area contributed by atoms with E-state index in [2.05, 4.69) is 0 Å². The van der Waals surface area contributed by atoms with E-state index < -0.39 is 28.6 Å². The quantitative estimate of drug-likeness (QED) is 0.689. The first-order chi connectivity index (χ1) is 7.92. The summed E-state index contributed by atoms with van der Waals surface area (Å²) >= 11 is 0. The Kier molecular flexibility index (Phi) is 4.05.